The van der Waals surface area contributed by atoms with Gasteiger partial charge in [-0.25, -0.2) is 4.98 Å². The lowest BCUT2D eigenvalue weighted by molar-refractivity contribution is -0.144. The van der Waals surface area contributed by atoms with E-state index in [1.807, 2.05) is 6.92 Å². The van der Waals surface area contributed by atoms with E-state index in [9.17, 15) is 14.7 Å². The van der Waals surface area contributed by atoms with Gasteiger partial charge in [0.15, 0.2) is 0 Å². The number of likely N-dealkylation sites (tertiary alicyclic amines) is 1. The zero-order chi connectivity index (χ0) is 14.7. The largest absolute Gasteiger partial charge is 0.481 e. The van der Waals surface area contributed by atoms with Gasteiger partial charge in [0.25, 0.3) is 5.91 Å². The molecule has 0 aliphatic carbocycles. The second-order valence-electron chi connectivity index (χ2n) is 5.19. The van der Waals surface area contributed by atoms with Crippen molar-refractivity contribution in [2.24, 2.45) is 5.92 Å². The van der Waals surface area contributed by atoms with Crippen LogP contribution in [0.5, 0.6) is 0 Å². The van der Waals surface area contributed by atoms with Crippen LogP contribution in [0, 0.1) is 5.92 Å². The molecule has 1 aliphatic heterocycles. The van der Waals surface area contributed by atoms with Gasteiger partial charge in [-0.05, 0) is 32.6 Å². The van der Waals surface area contributed by atoms with Gasteiger partial charge in [-0.3, -0.25) is 9.59 Å². The second kappa shape index (κ2) is 6.35. The summed E-state index contributed by atoms with van der Waals surface area (Å²) >= 11 is 1.42. The van der Waals surface area contributed by atoms with E-state index in [2.05, 4.69) is 11.9 Å². The first-order chi connectivity index (χ1) is 9.54. The minimum Gasteiger partial charge on any atom is -0.481 e. The maximum Gasteiger partial charge on any atom is 0.308 e. The van der Waals surface area contributed by atoms with Crippen molar-refractivity contribution < 1.29 is 14.7 Å². The van der Waals surface area contributed by atoms with Gasteiger partial charge in [-0.2, -0.15) is 0 Å². The van der Waals surface area contributed by atoms with Gasteiger partial charge in [-0.1, -0.05) is 6.92 Å². The Morgan fingerprint density at radius 2 is 2.30 bits per heavy atom. The van der Waals surface area contributed by atoms with E-state index in [0.717, 1.165) is 24.3 Å². The Balaban J connectivity index is 2.12. The van der Waals surface area contributed by atoms with E-state index in [0.29, 0.717) is 17.8 Å². The smallest absolute Gasteiger partial charge is 0.308 e. The predicted octanol–water partition coefficient (Wildman–Crippen LogP) is 2.42. The van der Waals surface area contributed by atoms with E-state index in [-0.39, 0.29) is 11.9 Å². The summed E-state index contributed by atoms with van der Waals surface area (Å²) < 4.78 is 0. The van der Waals surface area contributed by atoms with Crippen molar-refractivity contribution in [3.05, 3.63) is 16.1 Å². The Labute approximate surface area is 122 Å². The minimum absolute atomic E-state index is 0.0803. The Hall–Kier alpha value is -1.43. The van der Waals surface area contributed by atoms with Crippen LogP contribution >= 0.6 is 11.3 Å². The summed E-state index contributed by atoms with van der Waals surface area (Å²) in [7, 11) is 0. The van der Waals surface area contributed by atoms with Gasteiger partial charge in [0.05, 0.1) is 17.1 Å². The number of carbonyl (C=O) groups excluding carboxylic acids is 1. The van der Waals surface area contributed by atoms with Gasteiger partial charge < -0.3 is 10.0 Å². The molecule has 2 heterocycles. The molecule has 1 aromatic heterocycles. The molecule has 1 aliphatic rings. The number of amides is 1. The highest BCUT2D eigenvalue weighted by Gasteiger charge is 2.36. The summed E-state index contributed by atoms with van der Waals surface area (Å²) in [6, 6.07) is -0.259. The number of hydrogen-bond acceptors (Lipinski definition) is 4. The molecule has 2 atom stereocenters. The fourth-order valence-corrected chi connectivity index (χ4v) is 3.62. The number of hydrogen-bond donors (Lipinski definition) is 1. The lowest BCUT2D eigenvalue weighted by Crippen LogP contribution is -2.48. The van der Waals surface area contributed by atoms with E-state index in [1.165, 1.54) is 11.3 Å². The average molecular weight is 296 g/mol. The number of thiazole rings is 1. The lowest BCUT2D eigenvalue weighted by Gasteiger charge is -2.37. The summed E-state index contributed by atoms with van der Waals surface area (Å²) in [4.78, 5) is 30.3. The third-order valence-electron chi connectivity index (χ3n) is 3.79. The van der Waals surface area contributed by atoms with Gasteiger partial charge >= 0.3 is 5.97 Å². The topological polar surface area (TPSA) is 70.5 Å². The fourth-order valence-electron chi connectivity index (χ4n) is 2.64. The summed E-state index contributed by atoms with van der Waals surface area (Å²) in [6.07, 6.45) is 4.89. The normalized spacial score (nSPS) is 22.8. The molecule has 1 amide bonds. The first kappa shape index (κ1) is 15.0. The molecule has 0 unspecified atom stereocenters. The number of rotatable bonds is 4. The standard InChI is InChI=1S/C14H20N2O3S/c1-3-5-12-15-8-11(20-12)13(17)16-7-4-6-10(9(16)2)14(18)19/h8-10H,3-7H2,1-2H3,(H,18,19)/t9-,10-/m0/s1. The molecule has 6 heteroatoms. The van der Waals surface area contributed by atoms with Crippen LogP contribution in [0.3, 0.4) is 0 Å². The van der Waals surface area contributed by atoms with Crippen molar-refractivity contribution in [2.75, 3.05) is 6.54 Å². The average Bonchev–Trinajstić information content (AvgIpc) is 2.87. The Morgan fingerprint density at radius 3 is 2.95 bits per heavy atom. The molecule has 1 saturated heterocycles. The first-order valence-corrected chi connectivity index (χ1v) is 7.84. The molecular weight excluding hydrogens is 276 g/mol. The number of aryl methyl sites for hydroxylation is 1. The number of piperidine rings is 1. The van der Waals surface area contributed by atoms with Crippen LogP contribution in [0.15, 0.2) is 6.20 Å². The highest BCUT2D eigenvalue weighted by molar-refractivity contribution is 7.13. The number of aliphatic carboxylic acids is 1. The molecular formula is C14H20N2O3S. The van der Waals surface area contributed by atoms with Crippen LogP contribution in [0.1, 0.15) is 47.8 Å². The Morgan fingerprint density at radius 1 is 1.55 bits per heavy atom. The predicted molar refractivity (Wildman–Crippen MR) is 77.0 cm³/mol. The van der Waals surface area contributed by atoms with Crippen LogP contribution in [0.25, 0.3) is 0 Å². The molecule has 5 nitrogen and oxygen atoms in total. The third kappa shape index (κ3) is 3.00. The van der Waals surface area contributed by atoms with Gasteiger partial charge in [-0.15, -0.1) is 11.3 Å². The van der Waals surface area contributed by atoms with Crippen molar-refractivity contribution in [2.45, 2.75) is 45.6 Å². The molecule has 2 rings (SSSR count). The lowest BCUT2D eigenvalue weighted by atomic mass is 9.90. The first-order valence-electron chi connectivity index (χ1n) is 7.03. The fraction of sp³-hybridized carbons (Fsp3) is 0.643. The monoisotopic (exact) mass is 296 g/mol. The second-order valence-corrected chi connectivity index (χ2v) is 6.31. The Kier molecular flexibility index (Phi) is 4.75. The maximum atomic E-state index is 12.5. The van der Waals surface area contributed by atoms with Crippen molar-refractivity contribution in [3.8, 4) is 0 Å². The highest BCUT2D eigenvalue weighted by Crippen LogP contribution is 2.27. The van der Waals surface area contributed by atoms with Crippen LogP contribution in [-0.4, -0.2) is 39.5 Å². The summed E-state index contributed by atoms with van der Waals surface area (Å²) in [5.41, 5.74) is 0. The molecule has 1 fully saturated rings. The SMILES string of the molecule is CCCc1ncc(C(=O)N2CCC[C@H](C(=O)O)[C@@H]2C)s1. The van der Waals surface area contributed by atoms with E-state index in [1.54, 1.807) is 11.1 Å². The third-order valence-corrected chi connectivity index (χ3v) is 4.84. The molecule has 110 valence electrons. The van der Waals surface area contributed by atoms with Crippen molar-refractivity contribution in [3.63, 3.8) is 0 Å². The zero-order valence-electron chi connectivity index (χ0n) is 11.8. The minimum atomic E-state index is -0.814. The molecule has 1 aromatic rings. The van der Waals surface area contributed by atoms with Crippen LogP contribution in [0.2, 0.25) is 0 Å². The van der Waals surface area contributed by atoms with Crippen molar-refractivity contribution >= 4 is 23.2 Å². The number of carboxylic acid groups (broad SMARTS) is 1. The molecule has 20 heavy (non-hydrogen) atoms. The molecule has 0 bridgehead atoms. The quantitative estimate of drug-likeness (QED) is 0.926. The number of aromatic nitrogens is 1. The van der Waals surface area contributed by atoms with E-state index >= 15 is 0 Å². The van der Waals surface area contributed by atoms with E-state index < -0.39 is 11.9 Å². The zero-order valence-corrected chi connectivity index (χ0v) is 12.7. The molecule has 0 spiro atoms. The summed E-state index contributed by atoms with van der Waals surface area (Å²) in [5, 5.41) is 10.2. The summed E-state index contributed by atoms with van der Waals surface area (Å²) in [5.74, 6) is -1.36. The van der Waals surface area contributed by atoms with Gasteiger partial charge in [0, 0.05) is 12.6 Å². The van der Waals surface area contributed by atoms with Crippen molar-refractivity contribution in [1.29, 1.82) is 0 Å². The number of carboxylic acids is 1. The van der Waals surface area contributed by atoms with Crippen LogP contribution < -0.4 is 0 Å². The molecule has 0 aromatic carbocycles. The van der Waals surface area contributed by atoms with E-state index in [4.69, 9.17) is 0 Å². The molecule has 0 saturated carbocycles. The number of nitrogens with zero attached hydrogens (tertiary/aromatic N) is 2. The number of carbonyl (C=O) groups is 2. The van der Waals surface area contributed by atoms with Crippen LogP contribution in [-0.2, 0) is 11.2 Å². The van der Waals surface area contributed by atoms with Gasteiger partial charge in [0.2, 0.25) is 0 Å². The van der Waals surface area contributed by atoms with Crippen molar-refractivity contribution in [1.82, 2.24) is 9.88 Å². The highest BCUT2D eigenvalue weighted by atomic mass is 32.1. The maximum absolute atomic E-state index is 12.5. The molecule has 1 N–H and O–H groups in total. The van der Waals surface area contributed by atoms with Crippen LogP contribution in [0.4, 0.5) is 0 Å². The molecule has 0 radical (unpaired) electrons. The van der Waals surface area contributed by atoms with Gasteiger partial charge in [0.1, 0.15) is 4.88 Å². The summed E-state index contributed by atoms with van der Waals surface area (Å²) in [6.45, 7) is 4.53. The Bertz CT molecular complexity index is 500.